The molecule has 27 heavy (non-hydrogen) atoms. The summed E-state index contributed by atoms with van der Waals surface area (Å²) in [6, 6.07) is 11.9. The zero-order chi connectivity index (χ0) is 19.0. The van der Waals surface area contributed by atoms with Crippen LogP contribution in [0, 0.1) is 0 Å². The van der Waals surface area contributed by atoms with Crippen molar-refractivity contribution in [2.24, 2.45) is 0 Å². The van der Waals surface area contributed by atoms with Crippen molar-refractivity contribution in [2.75, 3.05) is 26.1 Å². The number of H-pyrrole nitrogens is 1. The molecule has 3 aromatic rings. The van der Waals surface area contributed by atoms with Crippen molar-refractivity contribution < 1.29 is 14.2 Å². The van der Waals surface area contributed by atoms with E-state index >= 15 is 0 Å². The molecule has 0 radical (unpaired) electrons. The third-order valence-corrected chi connectivity index (χ3v) is 4.94. The molecule has 1 aliphatic rings. The second-order valence-electron chi connectivity index (χ2n) is 6.46. The number of nitrogens with zero attached hydrogens (tertiary/aromatic N) is 1. The van der Waals surface area contributed by atoms with Gasteiger partial charge in [-0.2, -0.15) is 5.10 Å². The van der Waals surface area contributed by atoms with Gasteiger partial charge >= 0.3 is 0 Å². The molecule has 2 N–H and O–H groups in total. The Hall–Kier alpha value is -3.15. The van der Waals surface area contributed by atoms with Gasteiger partial charge in [-0.1, -0.05) is 13.0 Å². The maximum Gasteiger partial charge on any atom is 0.161 e. The molecule has 1 aromatic heterocycles. The molecule has 1 heterocycles. The quantitative estimate of drug-likeness (QED) is 0.663. The van der Waals surface area contributed by atoms with Gasteiger partial charge in [-0.3, -0.25) is 5.10 Å². The fourth-order valence-corrected chi connectivity index (χ4v) is 3.66. The first kappa shape index (κ1) is 17.3. The number of nitrogens with one attached hydrogen (secondary N) is 2. The molecular formula is C21H23N3O3. The number of fused-ring (bicyclic) bond motifs is 3. The summed E-state index contributed by atoms with van der Waals surface area (Å²) in [4.78, 5) is 0. The van der Waals surface area contributed by atoms with Crippen LogP contribution in [0.25, 0.3) is 11.3 Å². The molecule has 1 atom stereocenters. The number of aromatic nitrogens is 2. The molecule has 2 aromatic carbocycles. The highest BCUT2D eigenvalue weighted by Crippen LogP contribution is 2.50. The van der Waals surface area contributed by atoms with Crippen molar-refractivity contribution in [3.63, 3.8) is 0 Å². The number of hydrogen-bond acceptors (Lipinski definition) is 5. The third-order valence-electron chi connectivity index (χ3n) is 4.94. The Bertz CT molecular complexity index is 981. The molecule has 6 heteroatoms. The molecule has 0 bridgehead atoms. The van der Waals surface area contributed by atoms with Crippen molar-refractivity contribution >= 4 is 11.5 Å². The van der Waals surface area contributed by atoms with Crippen LogP contribution in [0.5, 0.6) is 17.2 Å². The van der Waals surface area contributed by atoms with E-state index in [9.17, 15) is 0 Å². The van der Waals surface area contributed by atoms with Crippen LogP contribution < -0.4 is 19.5 Å². The Morgan fingerprint density at radius 3 is 2.63 bits per heavy atom. The molecule has 0 saturated heterocycles. The van der Waals surface area contributed by atoms with E-state index in [2.05, 4.69) is 22.4 Å². The Labute approximate surface area is 158 Å². The van der Waals surface area contributed by atoms with Crippen LogP contribution in [-0.2, 0) is 0 Å². The van der Waals surface area contributed by atoms with Gasteiger partial charge in [0.25, 0.3) is 0 Å². The van der Waals surface area contributed by atoms with E-state index in [4.69, 9.17) is 14.2 Å². The van der Waals surface area contributed by atoms with E-state index in [0.29, 0.717) is 12.4 Å². The van der Waals surface area contributed by atoms with Crippen molar-refractivity contribution in [1.29, 1.82) is 0 Å². The topological polar surface area (TPSA) is 68.4 Å². The lowest BCUT2D eigenvalue weighted by Crippen LogP contribution is -1.99. The average molecular weight is 365 g/mol. The van der Waals surface area contributed by atoms with E-state index in [1.807, 2.05) is 43.3 Å². The minimum Gasteiger partial charge on any atom is -0.494 e. The second kappa shape index (κ2) is 6.87. The minimum absolute atomic E-state index is 0.186. The van der Waals surface area contributed by atoms with Gasteiger partial charge in [0, 0.05) is 28.8 Å². The number of anilines is 2. The average Bonchev–Trinajstić information content (AvgIpc) is 3.21. The van der Waals surface area contributed by atoms with Crippen molar-refractivity contribution in [3.8, 4) is 28.5 Å². The fraction of sp³-hybridized carbons (Fsp3) is 0.286. The van der Waals surface area contributed by atoms with Gasteiger partial charge in [0.2, 0.25) is 0 Å². The Kier molecular flexibility index (Phi) is 4.39. The monoisotopic (exact) mass is 365 g/mol. The zero-order valence-electron chi connectivity index (χ0n) is 15.9. The highest BCUT2D eigenvalue weighted by molar-refractivity contribution is 5.83. The van der Waals surface area contributed by atoms with Crippen LogP contribution in [0.2, 0.25) is 0 Å². The largest absolute Gasteiger partial charge is 0.494 e. The molecule has 1 aliphatic carbocycles. The first-order valence-electron chi connectivity index (χ1n) is 9.00. The summed E-state index contributed by atoms with van der Waals surface area (Å²) in [7, 11) is 3.30. The van der Waals surface area contributed by atoms with Gasteiger partial charge in [0.1, 0.15) is 5.75 Å². The van der Waals surface area contributed by atoms with E-state index in [1.54, 1.807) is 14.2 Å². The molecule has 0 amide bonds. The maximum atomic E-state index is 5.59. The lowest BCUT2D eigenvalue weighted by atomic mass is 9.99. The minimum atomic E-state index is 0.186. The van der Waals surface area contributed by atoms with Gasteiger partial charge in [0.05, 0.1) is 26.5 Å². The number of ether oxygens (including phenoxy) is 3. The maximum absolute atomic E-state index is 5.59. The summed E-state index contributed by atoms with van der Waals surface area (Å²) >= 11 is 0. The SMILES string of the molecule is CCOc1cccc(Nc2n[nH]c3c2[C@H](C)c2cc(OC)c(OC)cc2-3)c1. The number of hydrogen-bond donors (Lipinski definition) is 2. The van der Waals surface area contributed by atoms with Crippen LogP contribution in [-0.4, -0.2) is 31.0 Å². The van der Waals surface area contributed by atoms with Crippen LogP contribution >= 0.6 is 0 Å². The van der Waals surface area contributed by atoms with Gasteiger partial charge in [0.15, 0.2) is 17.3 Å². The van der Waals surface area contributed by atoms with E-state index in [1.165, 1.54) is 5.56 Å². The predicted molar refractivity (Wildman–Crippen MR) is 106 cm³/mol. The highest BCUT2D eigenvalue weighted by Gasteiger charge is 2.32. The van der Waals surface area contributed by atoms with Crippen molar-refractivity contribution in [1.82, 2.24) is 10.2 Å². The second-order valence-corrected chi connectivity index (χ2v) is 6.46. The van der Waals surface area contributed by atoms with E-state index in [0.717, 1.165) is 39.8 Å². The van der Waals surface area contributed by atoms with E-state index < -0.39 is 0 Å². The summed E-state index contributed by atoms with van der Waals surface area (Å²) < 4.78 is 16.5. The third kappa shape index (κ3) is 2.87. The number of benzene rings is 2. The van der Waals surface area contributed by atoms with Crippen molar-refractivity contribution in [2.45, 2.75) is 19.8 Å². The standard InChI is InChI=1S/C21H23N3O3/c1-5-27-14-8-6-7-13(9-14)22-21-19-12(2)15-10-17(25-3)18(26-4)11-16(15)20(19)23-24-21/h6-12H,5H2,1-4H3,(H2,22,23,24)/t12-/m1/s1. The number of aromatic amines is 1. The Balaban J connectivity index is 1.71. The first-order valence-corrected chi connectivity index (χ1v) is 9.00. The normalized spacial score (nSPS) is 14.4. The fourth-order valence-electron chi connectivity index (χ4n) is 3.66. The Morgan fingerprint density at radius 2 is 1.89 bits per heavy atom. The van der Waals surface area contributed by atoms with Crippen LogP contribution in [0.15, 0.2) is 36.4 Å². The summed E-state index contributed by atoms with van der Waals surface area (Å²) in [5.41, 5.74) is 5.39. The zero-order valence-corrected chi connectivity index (χ0v) is 15.9. The molecule has 0 unspecified atom stereocenters. The lowest BCUT2D eigenvalue weighted by Gasteiger charge is -2.13. The van der Waals surface area contributed by atoms with Gasteiger partial charge in [-0.05, 0) is 36.8 Å². The lowest BCUT2D eigenvalue weighted by molar-refractivity contribution is 0.340. The summed E-state index contributed by atoms with van der Waals surface area (Å²) in [5, 5.41) is 11.1. The van der Waals surface area contributed by atoms with Crippen LogP contribution in [0.1, 0.15) is 30.9 Å². The number of rotatable bonds is 6. The molecule has 140 valence electrons. The predicted octanol–water partition coefficient (Wildman–Crippen LogP) is 4.70. The smallest absolute Gasteiger partial charge is 0.161 e. The van der Waals surface area contributed by atoms with Gasteiger partial charge in [-0.15, -0.1) is 0 Å². The first-order chi connectivity index (χ1) is 13.2. The summed E-state index contributed by atoms with van der Waals surface area (Å²) in [5.74, 6) is 3.29. The van der Waals surface area contributed by atoms with E-state index in [-0.39, 0.29) is 5.92 Å². The number of methoxy groups -OCH3 is 2. The molecule has 0 fully saturated rings. The molecule has 0 spiro atoms. The molecule has 0 saturated carbocycles. The Morgan fingerprint density at radius 1 is 1.11 bits per heavy atom. The summed E-state index contributed by atoms with van der Waals surface area (Å²) in [6.07, 6.45) is 0. The highest BCUT2D eigenvalue weighted by atomic mass is 16.5. The van der Waals surface area contributed by atoms with Crippen molar-refractivity contribution in [3.05, 3.63) is 47.5 Å². The molecule has 0 aliphatic heterocycles. The molecule has 6 nitrogen and oxygen atoms in total. The van der Waals surface area contributed by atoms with Crippen LogP contribution in [0.4, 0.5) is 11.5 Å². The van der Waals surface area contributed by atoms with Crippen LogP contribution in [0.3, 0.4) is 0 Å². The molecule has 4 rings (SSSR count). The van der Waals surface area contributed by atoms with Gasteiger partial charge in [-0.25, -0.2) is 0 Å². The van der Waals surface area contributed by atoms with Gasteiger partial charge < -0.3 is 19.5 Å². The molecular weight excluding hydrogens is 342 g/mol. The summed E-state index contributed by atoms with van der Waals surface area (Å²) in [6.45, 7) is 4.79.